The minimum absolute atomic E-state index is 0.0162. The first-order valence-electron chi connectivity index (χ1n) is 11.5. The summed E-state index contributed by atoms with van der Waals surface area (Å²) in [7, 11) is 2.13. The van der Waals surface area contributed by atoms with Crippen LogP contribution in [0.15, 0.2) is 24.3 Å². The van der Waals surface area contributed by atoms with Crippen molar-refractivity contribution in [1.29, 1.82) is 0 Å². The summed E-state index contributed by atoms with van der Waals surface area (Å²) < 4.78 is 0. The largest absolute Gasteiger partial charge is 0.339 e. The average molecular weight is 445 g/mol. The maximum Gasteiger partial charge on any atom is 0.254 e. The zero-order valence-corrected chi connectivity index (χ0v) is 19.3. The molecular weight excluding hydrogens is 408 g/mol. The van der Waals surface area contributed by atoms with Gasteiger partial charge in [0.05, 0.1) is 0 Å². The van der Waals surface area contributed by atoms with Gasteiger partial charge in [-0.15, -0.1) is 0 Å². The van der Waals surface area contributed by atoms with Gasteiger partial charge < -0.3 is 30.2 Å². The molecule has 2 aliphatic heterocycles. The molecule has 3 amide bonds. The van der Waals surface area contributed by atoms with Gasteiger partial charge in [-0.25, -0.2) is 0 Å². The molecule has 2 saturated heterocycles. The molecule has 0 bridgehead atoms. The molecule has 0 aliphatic carbocycles. The topological polar surface area (TPSA) is 88.2 Å². The van der Waals surface area contributed by atoms with Crippen LogP contribution in [0.3, 0.4) is 0 Å². The van der Waals surface area contributed by atoms with E-state index < -0.39 is 0 Å². The summed E-state index contributed by atoms with van der Waals surface area (Å²) in [6.07, 6.45) is 0.815. The lowest BCUT2D eigenvalue weighted by atomic mass is 10.1. The number of benzene rings is 1. The van der Waals surface area contributed by atoms with Crippen molar-refractivity contribution >= 4 is 23.4 Å². The standard InChI is InChI=1S/C23H36N6O3/c1-19(30)25-21-6-3-5-20(17-21)23(32)29(18-22(31)28-11-7-24-8-12-28)10-4-9-27-15-13-26(2)14-16-27/h3,5-6,17,24H,4,7-16,18H2,1-2H3,(H,25,30). The SMILES string of the molecule is CC(=O)Nc1cccc(C(=O)N(CCCN2CCN(C)CC2)CC(=O)N2CCNCC2)c1. The van der Waals surface area contributed by atoms with Gasteiger partial charge >= 0.3 is 0 Å². The number of likely N-dealkylation sites (N-methyl/N-ethyl adjacent to an activating group) is 1. The molecule has 2 N–H and O–H groups in total. The number of rotatable bonds is 8. The van der Waals surface area contributed by atoms with Crippen LogP contribution < -0.4 is 10.6 Å². The Morgan fingerprint density at radius 1 is 1.06 bits per heavy atom. The second-order valence-corrected chi connectivity index (χ2v) is 8.62. The molecule has 0 unspecified atom stereocenters. The van der Waals surface area contributed by atoms with E-state index in [1.165, 1.54) is 6.92 Å². The molecule has 1 aromatic carbocycles. The summed E-state index contributed by atoms with van der Waals surface area (Å²) in [4.78, 5) is 45.8. The van der Waals surface area contributed by atoms with E-state index in [0.717, 1.165) is 52.2 Å². The number of carbonyl (C=O) groups is 3. The number of carbonyl (C=O) groups excluding carboxylic acids is 3. The highest BCUT2D eigenvalue weighted by Crippen LogP contribution is 2.14. The lowest BCUT2D eigenvalue weighted by Gasteiger charge is -2.33. The second kappa shape index (κ2) is 11.9. The maximum atomic E-state index is 13.3. The highest BCUT2D eigenvalue weighted by Gasteiger charge is 2.24. The van der Waals surface area contributed by atoms with Crippen LogP contribution in [0.1, 0.15) is 23.7 Å². The summed E-state index contributed by atoms with van der Waals surface area (Å²) in [5.41, 5.74) is 1.05. The highest BCUT2D eigenvalue weighted by molar-refractivity contribution is 5.98. The number of nitrogens with zero attached hydrogens (tertiary/aromatic N) is 4. The van der Waals surface area contributed by atoms with Gasteiger partial charge in [0.2, 0.25) is 11.8 Å². The molecule has 3 rings (SSSR count). The van der Waals surface area contributed by atoms with E-state index in [2.05, 4.69) is 27.5 Å². The van der Waals surface area contributed by atoms with Gasteiger partial charge in [-0.1, -0.05) is 6.07 Å². The molecular formula is C23H36N6O3. The fourth-order valence-corrected chi connectivity index (χ4v) is 4.10. The van der Waals surface area contributed by atoms with Crippen molar-refractivity contribution in [2.45, 2.75) is 13.3 Å². The zero-order valence-electron chi connectivity index (χ0n) is 19.3. The Balaban J connectivity index is 1.65. The maximum absolute atomic E-state index is 13.3. The number of nitrogens with one attached hydrogen (secondary N) is 2. The first kappa shape index (κ1) is 24.2. The van der Waals surface area contributed by atoms with Crippen LogP contribution in [0.2, 0.25) is 0 Å². The van der Waals surface area contributed by atoms with Crippen molar-refractivity contribution in [2.24, 2.45) is 0 Å². The second-order valence-electron chi connectivity index (χ2n) is 8.62. The molecule has 0 aromatic heterocycles. The Bertz CT molecular complexity index is 788. The summed E-state index contributed by atoms with van der Waals surface area (Å²) >= 11 is 0. The van der Waals surface area contributed by atoms with Crippen molar-refractivity contribution in [2.75, 3.05) is 84.4 Å². The first-order chi connectivity index (χ1) is 15.4. The molecule has 9 heteroatoms. The van der Waals surface area contributed by atoms with Crippen LogP contribution >= 0.6 is 0 Å². The number of amides is 3. The average Bonchev–Trinajstić information content (AvgIpc) is 2.79. The number of anilines is 1. The predicted molar refractivity (Wildman–Crippen MR) is 125 cm³/mol. The summed E-state index contributed by atoms with van der Waals surface area (Å²) in [5, 5.41) is 5.97. The molecule has 2 heterocycles. The smallest absolute Gasteiger partial charge is 0.254 e. The van der Waals surface area contributed by atoms with E-state index in [9.17, 15) is 14.4 Å². The zero-order chi connectivity index (χ0) is 22.9. The van der Waals surface area contributed by atoms with Crippen LogP contribution in [0, 0.1) is 0 Å². The van der Waals surface area contributed by atoms with Gasteiger partial charge in [0.15, 0.2) is 0 Å². The number of piperazine rings is 2. The lowest BCUT2D eigenvalue weighted by molar-refractivity contribution is -0.132. The van der Waals surface area contributed by atoms with E-state index in [0.29, 0.717) is 30.9 Å². The summed E-state index contributed by atoms with van der Waals surface area (Å²) in [5.74, 6) is -0.385. The quantitative estimate of drug-likeness (QED) is 0.594. The van der Waals surface area contributed by atoms with E-state index in [-0.39, 0.29) is 24.3 Å². The molecule has 0 saturated carbocycles. The van der Waals surface area contributed by atoms with Crippen LogP contribution in [-0.4, -0.2) is 116 Å². The van der Waals surface area contributed by atoms with Gasteiger partial charge in [0, 0.05) is 77.1 Å². The van der Waals surface area contributed by atoms with Gasteiger partial charge in [-0.05, 0) is 38.2 Å². The van der Waals surface area contributed by atoms with Crippen molar-refractivity contribution in [3.63, 3.8) is 0 Å². The minimum atomic E-state index is -0.187. The van der Waals surface area contributed by atoms with Crippen molar-refractivity contribution in [3.8, 4) is 0 Å². The van der Waals surface area contributed by atoms with Gasteiger partial charge in [-0.2, -0.15) is 0 Å². The van der Waals surface area contributed by atoms with Crippen molar-refractivity contribution in [1.82, 2.24) is 24.9 Å². The normalized spacial score (nSPS) is 17.8. The van der Waals surface area contributed by atoms with Crippen molar-refractivity contribution < 1.29 is 14.4 Å². The molecule has 0 spiro atoms. The Kier molecular flexibility index (Phi) is 9.01. The Morgan fingerprint density at radius 3 is 2.47 bits per heavy atom. The van der Waals surface area contributed by atoms with Crippen molar-refractivity contribution in [3.05, 3.63) is 29.8 Å². The van der Waals surface area contributed by atoms with E-state index in [1.54, 1.807) is 29.2 Å². The molecule has 9 nitrogen and oxygen atoms in total. The number of hydrogen-bond donors (Lipinski definition) is 2. The monoisotopic (exact) mass is 444 g/mol. The number of hydrogen-bond acceptors (Lipinski definition) is 6. The Labute approximate surface area is 190 Å². The fourth-order valence-electron chi connectivity index (χ4n) is 4.10. The minimum Gasteiger partial charge on any atom is -0.339 e. The van der Waals surface area contributed by atoms with Gasteiger partial charge in [0.25, 0.3) is 5.91 Å². The third kappa shape index (κ3) is 7.29. The highest BCUT2D eigenvalue weighted by atomic mass is 16.2. The van der Waals surface area contributed by atoms with Gasteiger partial charge in [0.1, 0.15) is 6.54 Å². The third-order valence-corrected chi connectivity index (χ3v) is 6.01. The summed E-state index contributed by atoms with van der Waals surface area (Å²) in [6, 6.07) is 6.91. The van der Waals surface area contributed by atoms with Crippen LogP contribution in [0.4, 0.5) is 5.69 Å². The molecule has 176 valence electrons. The van der Waals surface area contributed by atoms with Crippen LogP contribution in [0.5, 0.6) is 0 Å². The molecule has 1 aromatic rings. The molecule has 2 aliphatic rings. The van der Waals surface area contributed by atoms with E-state index in [1.807, 2.05) is 4.90 Å². The van der Waals surface area contributed by atoms with Gasteiger partial charge in [-0.3, -0.25) is 14.4 Å². The first-order valence-corrected chi connectivity index (χ1v) is 11.5. The predicted octanol–water partition coefficient (Wildman–Crippen LogP) is 0.157. The fraction of sp³-hybridized carbons (Fsp3) is 0.609. The molecule has 32 heavy (non-hydrogen) atoms. The third-order valence-electron chi connectivity index (χ3n) is 6.01. The van der Waals surface area contributed by atoms with E-state index >= 15 is 0 Å². The van der Waals surface area contributed by atoms with E-state index in [4.69, 9.17) is 0 Å². The molecule has 0 atom stereocenters. The molecule has 0 radical (unpaired) electrons. The Hall–Kier alpha value is -2.49. The van der Waals surface area contributed by atoms with Crippen LogP contribution in [0.25, 0.3) is 0 Å². The summed E-state index contributed by atoms with van der Waals surface area (Å²) in [6.45, 7) is 10.0. The lowest BCUT2D eigenvalue weighted by Crippen LogP contribution is -2.50. The Morgan fingerprint density at radius 2 is 1.78 bits per heavy atom. The molecule has 2 fully saturated rings. The van der Waals surface area contributed by atoms with Crippen LogP contribution in [-0.2, 0) is 9.59 Å².